The van der Waals surface area contributed by atoms with Gasteiger partial charge in [-0.25, -0.2) is 4.98 Å². The van der Waals surface area contributed by atoms with Crippen molar-refractivity contribution in [2.75, 3.05) is 5.73 Å². The molecule has 1 rings (SSSR count). The van der Waals surface area contributed by atoms with E-state index in [4.69, 9.17) is 5.73 Å². The Morgan fingerprint density at radius 2 is 2.36 bits per heavy atom. The highest BCUT2D eigenvalue weighted by Crippen LogP contribution is 2.16. The number of pyridine rings is 1. The lowest BCUT2D eigenvalue weighted by Gasteiger charge is -1.98. The van der Waals surface area contributed by atoms with Gasteiger partial charge in [-0.2, -0.15) is 0 Å². The second-order valence-electron chi connectivity index (χ2n) is 2.16. The van der Waals surface area contributed by atoms with Crippen molar-refractivity contribution in [3.8, 4) is 0 Å². The van der Waals surface area contributed by atoms with Gasteiger partial charge in [-0.05, 0) is 28.9 Å². The molecule has 4 heteroatoms. The number of carbonyl (C=O) groups is 1. The molecule has 1 aromatic heterocycles. The highest BCUT2D eigenvalue weighted by atomic mass is 79.9. The number of nitrogen functional groups attached to an aromatic ring is 1. The van der Waals surface area contributed by atoms with Crippen LogP contribution in [0.1, 0.15) is 17.3 Å². The standard InChI is InChI=1S/C7H7BrN2O/c1-4(11)6-2-5(9)3-10-7(6)8/h2-3H,9H2,1H3. The zero-order valence-electron chi connectivity index (χ0n) is 5.97. The molecular weight excluding hydrogens is 208 g/mol. The molecule has 3 nitrogen and oxygen atoms in total. The molecule has 0 radical (unpaired) electrons. The van der Waals surface area contributed by atoms with Crippen molar-refractivity contribution < 1.29 is 4.79 Å². The normalized spacial score (nSPS) is 9.64. The minimum Gasteiger partial charge on any atom is -0.397 e. The first kappa shape index (κ1) is 8.20. The minimum atomic E-state index is -0.0447. The summed E-state index contributed by atoms with van der Waals surface area (Å²) in [5.74, 6) is -0.0447. The van der Waals surface area contributed by atoms with E-state index in [9.17, 15) is 4.79 Å². The Kier molecular flexibility index (Phi) is 2.24. The predicted molar refractivity (Wildman–Crippen MR) is 46.4 cm³/mol. The van der Waals surface area contributed by atoms with Crippen molar-refractivity contribution in [1.82, 2.24) is 4.98 Å². The van der Waals surface area contributed by atoms with Crippen LogP contribution < -0.4 is 5.73 Å². The average Bonchev–Trinajstić information content (AvgIpc) is 1.94. The molecule has 0 aliphatic carbocycles. The van der Waals surface area contributed by atoms with E-state index in [1.165, 1.54) is 13.1 Å². The van der Waals surface area contributed by atoms with Gasteiger partial charge in [0.05, 0.1) is 17.4 Å². The number of anilines is 1. The smallest absolute Gasteiger partial charge is 0.162 e. The number of rotatable bonds is 1. The van der Waals surface area contributed by atoms with Gasteiger partial charge in [0.1, 0.15) is 4.60 Å². The third-order valence-electron chi connectivity index (χ3n) is 1.24. The SMILES string of the molecule is CC(=O)c1cc(N)cnc1Br. The Morgan fingerprint density at radius 3 is 2.82 bits per heavy atom. The zero-order chi connectivity index (χ0) is 8.43. The van der Waals surface area contributed by atoms with Gasteiger partial charge < -0.3 is 5.73 Å². The topological polar surface area (TPSA) is 56.0 Å². The summed E-state index contributed by atoms with van der Waals surface area (Å²) in [6, 6.07) is 1.60. The van der Waals surface area contributed by atoms with Crippen molar-refractivity contribution in [3.05, 3.63) is 22.4 Å². The van der Waals surface area contributed by atoms with E-state index in [1.807, 2.05) is 0 Å². The lowest BCUT2D eigenvalue weighted by Crippen LogP contribution is -1.97. The van der Waals surface area contributed by atoms with Crippen LogP contribution in [-0.2, 0) is 0 Å². The third kappa shape index (κ3) is 1.77. The van der Waals surface area contributed by atoms with E-state index in [0.29, 0.717) is 15.9 Å². The first-order valence-electron chi connectivity index (χ1n) is 3.03. The van der Waals surface area contributed by atoms with Crippen molar-refractivity contribution in [2.24, 2.45) is 0 Å². The molecule has 0 aliphatic rings. The molecule has 0 spiro atoms. The van der Waals surface area contributed by atoms with Crippen LogP contribution in [0, 0.1) is 0 Å². The molecule has 1 aromatic rings. The van der Waals surface area contributed by atoms with Gasteiger partial charge in [0.2, 0.25) is 0 Å². The Labute approximate surface area is 72.7 Å². The Balaban J connectivity index is 3.23. The number of ketones is 1. The molecule has 1 heterocycles. The third-order valence-corrected chi connectivity index (χ3v) is 1.87. The second-order valence-corrected chi connectivity index (χ2v) is 2.91. The van der Waals surface area contributed by atoms with E-state index < -0.39 is 0 Å². The summed E-state index contributed by atoms with van der Waals surface area (Å²) < 4.78 is 0.541. The van der Waals surface area contributed by atoms with Gasteiger partial charge in [-0.3, -0.25) is 4.79 Å². The van der Waals surface area contributed by atoms with Gasteiger partial charge in [0.15, 0.2) is 5.78 Å². The number of hydrogen-bond donors (Lipinski definition) is 1. The first-order valence-corrected chi connectivity index (χ1v) is 3.82. The van der Waals surface area contributed by atoms with Crippen molar-refractivity contribution >= 4 is 27.4 Å². The molecule has 0 amide bonds. The van der Waals surface area contributed by atoms with Crippen LogP contribution in [-0.4, -0.2) is 10.8 Å². The summed E-state index contributed by atoms with van der Waals surface area (Å²) in [4.78, 5) is 14.8. The van der Waals surface area contributed by atoms with Crippen LogP contribution in [0.15, 0.2) is 16.9 Å². The molecule has 0 bridgehead atoms. The number of halogens is 1. The maximum absolute atomic E-state index is 10.9. The molecule has 0 fully saturated rings. The van der Waals surface area contributed by atoms with Crippen LogP contribution in [0.2, 0.25) is 0 Å². The molecule has 58 valence electrons. The fourth-order valence-corrected chi connectivity index (χ4v) is 1.21. The predicted octanol–water partition coefficient (Wildman–Crippen LogP) is 1.63. The van der Waals surface area contributed by atoms with Crippen molar-refractivity contribution in [2.45, 2.75) is 6.92 Å². The fourth-order valence-electron chi connectivity index (χ4n) is 0.711. The summed E-state index contributed by atoms with van der Waals surface area (Å²) in [6.07, 6.45) is 1.50. The molecule has 2 N–H and O–H groups in total. The van der Waals surface area contributed by atoms with Crippen LogP contribution in [0.4, 0.5) is 5.69 Å². The van der Waals surface area contributed by atoms with E-state index in [2.05, 4.69) is 20.9 Å². The van der Waals surface area contributed by atoms with Gasteiger partial charge in [0, 0.05) is 0 Å². The highest BCUT2D eigenvalue weighted by molar-refractivity contribution is 9.10. The highest BCUT2D eigenvalue weighted by Gasteiger charge is 2.05. The lowest BCUT2D eigenvalue weighted by molar-refractivity contribution is 0.101. The molecule has 0 aliphatic heterocycles. The number of nitrogens with zero attached hydrogens (tertiary/aromatic N) is 1. The van der Waals surface area contributed by atoms with E-state index >= 15 is 0 Å². The van der Waals surface area contributed by atoms with Crippen LogP contribution >= 0.6 is 15.9 Å². The van der Waals surface area contributed by atoms with Crippen molar-refractivity contribution in [3.63, 3.8) is 0 Å². The van der Waals surface area contributed by atoms with Crippen molar-refractivity contribution in [1.29, 1.82) is 0 Å². The fraction of sp³-hybridized carbons (Fsp3) is 0.143. The molecular formula is C7H7BrN2O. The molecule has 0 unspecified atom stereocenters. The minimum absolute atomic E-state index is 0.0447. The van der Waals surface area contributed by atoms with Crippen LogP contribution in [0.5, 0.6) is 0 Å². The number of nitrogens with two attached hydrogens (primary N) is 1. The monoisotopic (exact) mass is 214 g/mol. The summed E-state index contributed by atoms with van der Waals surface area (Å²) in [5, 5.41) is 0. The summed E-state index contributed by atoms with van der Waals surface area (Å²) in [7, 11) is 0. The van der Waals surface area contributed by atoms with Gasteiger partial charge in [0.25, 0.3) is 0 Å². The van der Waals surface area contributed by atoms with Crippen LogP contribution in [0.3, 0.4) is 0 Å². The Hall–Kier alpha value is -0.900. The second kappa shape index (κ2) is 3.00. The molecule has 0 saturated heterocycles. The number of hydrogen-bond acceptors (Lipinski definition) is 3. The maximum Gasteiger partial charge on any atom is 0.162 e. The van der Waals surface area contributed by atoms with Gasteiger partial charge in [-0.1, -0.05) is 0 Å². The Bertz CT molecular complexity index is 298. The van der Waals surface area contributed by atoms with E-state index in [0.717, 1.165) is 0 Å². The van der Waals surface area contributed by atoms with E-state index in [1.54, 1.807) is 6.07 Å². The zero-order valence-corrected chi connectivity index (χ0v) is 7.55. The number of Topliss-reactive ketones (excluding diaryl/α,β-unsaturated/α-hetero) is 1. The lowest BCUT2D eigenvalue weighted by atomic mass is 10.2. The molecule has 0 aromatic carbocycles. The molecule has 11 heavy (non-hydrogen) atoms. The molecule has 0 atom stereocenters. The van der Waals surface area contributed by atoms with Gasteiger partial charge >= 0.3 is 0 Å². The first-order chi connectivity index (χ1) is 5.11. The summed E-state index contributed by atoms with van der Waals surface area (Å²) >= 11 is 3.14. The quantitative estimate of drug-likeness (QED) is 0.572. The molecule has 0 saturated carbocycles. The van der Waals surface area contributed by atoms with Crippen LogP contribution in [0.25, 0.3) is 0 Å². The largest absolute Gasteiger partial charge is 0.397 e. The number of aromatic nitrogens is 1. The maximum atomic E-state index is 10.9. The number of carbonyl (C=O) groups excluding carboxylic acids is 1. The van der Waals surface area contributed by atoms with Gasteiger partial charge in [-0.15, -0.1) is 0 Å². The summed E-state index contributed by atoms with van der Waals surface area (Å²) in [5.41, 5.74) is 6.45. The average molecular weight is 215 g/mol. The Morgan fingerprint density at radius 1 is 1.73 bits per heavy atom. The van der Waals surface area contributed by atoms with E-state index in [-0.39, 0.29) is 5.78 Å². The summed E-state index contributed by atoms with van der Waals surface area (Å²) in [6.45, 7) is 1.47.